The van der Waals surface area contributed by atoms with Crippen molar-refractivity contribution in [3.63, 3.8) is 0 Å². The Morgan fingerprint density at radius 1 is 1.33 bits per heavy atom. The Labute approximate surface area is 109 Å². The van der Waals surface area contributed by atoms with E-state index in [1.807, 2.05) is 6.92 Å². The van der Waals surface area contributed by atoms with Gasteiger partial charge in [-0.1, -0.05) is 19.3 Å². The molecule has 1 amide bonds. The Kier molecular flexibility index (Phi) is 4.62. The standard InChI is InChI=1S/C14H25NO3/c1-11-5-6-12(18-11)13(17)15-9-14(10-16)7-3-2-4-8-14/h11-12,16H,2-10H2,1H3,(H,15,17). The summed E-state index contributed by atoms with van der Waals surface area (Å²) >= 11 is 0. The first kappa shape index (κ1) is 13.8. The van der Waals surface area contributed by atoms with Crippen LogP contribution in [0.1, 0.15) is 51.9 Å². The summed E-state index contributed by atoms with van der Waals surface area (Å²) in [7, 11) is 0. The first-order valence-electron chi connectivity index (χ1n) is 7.19. The van der Waals surface area contributed by atoms with Crippen molar-refractivity contribution in [2.75, 3.05) is 13.2 Å². The van der Waals surface area contributed by atoms with Crippen molar-refractivity contribution in [1.29, 1.82) is 0 Å². The van der Waals surface area contributed by atoms with Gasteiger partial charge in [0.05, 0.1) is 12.7 Å². The maximum Gasteiger partial charge on any atom is 0.249 e. The molecule has 1 aliphatic heterocycles. The van der Waals surface area contributed by atoms with Crippen LogP contribution < -0.4 is 5.32 Å². The van der Waals surface area contributed by atoms with Gasteiger partial charge in [0.25, 0.3) is 0 Å². The van der Waals surface area contributed by atoms with Gasteiger partial charge in [0.2, 0.25) is 5.91 Å². The minimum absolute atomic E-state index is 0.00208. The van der Waals surface area contributed by atoms with E-state index in [9.17, 15) is 9.90 Å². The fourth-order valence-electron chi connectivity index (χ4n) is 3.08. The Bertz CT molecular complexity index is 287. The number of rotatable bonds is 4. The third kappa shape index (κ3) is 3.23. The van der Waals surface area contributed by atoms with Crippen LogP contribution in [0.3, 0.4) is 0 Å². The van der Waals surface area contributed by atoms with Gasteiger partial charge in [-0.2, -0.15) is 0 Å². The highest BCUT2D eigenvalue weighted by Crippen LogP contribution is 2.35. The minimum Gasteiger partial charge on any atom is -0.396 e. The van der Waals surface area contributed by atoms with Crippen LogP contribution in [0.25, 0.3) is 0 Å². The number of aliphatic hydroxyl groups is 1. The maximum absolute atomic E-state index is 12.0. The molecular formula is C14H25NO3. The summed E-state index contributed by atoms with van der Waals surface area (Å²) in [5, 5.41) is 12.6. The molecule has 0 aromatic heterocycles. The predicted molar refractivity (Wildman–Crippen MR) is 69.2 cm³/mol. The monoisotopic (exact) mass is 255 g/mol. The predicted octanol–water partition coefficient (Wildman–Crippen LogP) is 1.61. The first-order chi connectivity index (χ1) is 8.65. The molecule has 0 radical (unpaired) electrons. The summed E-state index contributed by atoms with van der Waals surface area (Å²) in [4.78, 5) is 12.0. The van der Waals surface area contributed by atoms with Gasteiger partial charge in [0.1, 0.15) is 6.10 Å². The molecule has 1 heterocycles. The number of amides is 1. The molecule has 2 unspecified atom stereocenters. The molecular weight excluding hydrogens is 230 g/mol. The topological polar surface area (TPSA) is 58.6 Å². The number of hydrogen-bond donors (Lipinski definition) is 2. The second kappa shape index (κ2) is 6.02. The van der Waals surface area contributed by atoms with Crippen LogP contribution in [0.2, 0.25) is 0 Å². The lowest BCUT2D eigenvalue weighted by Crippen LogP contribution is -2.44. The fourth-order valence-corrected chi connectivity index (χ4v) is 3.08. The van der Waals surface area contributed by atoms with Crippen molar-refractivity contribution in [1.82, 2.24) is 5.32 Å². The second-order valence-electron chi connectivity index (χ2n) is 5.95. The summed E-state index contributed by atoms with van der Waals surface area (Å²) < 4.78 is 5.55. The lowest BCUT2D eigenvalue weighted by Gasteiger charge is -2.35. The Balaban J connectivity index is 1.80. The Hall–Kier alpha value is -0.610. The number of aliphatic hydroxyl groups excluding tert-OH is 1. The molecule has 1 saturated carbocycles. The number of ether oxygens (including phenoxy) is 1. The van der Waals surface area contributed by atoms with E-state index in [2.05, 4.69) is 5.32 Å². The van der Waals surface area contributed by atoms with Gasteiger partial charge >= 0.3 is 0 Å². The molecule has 2 aliphatic rings. The largest absolute Gasteiger partial charge is 0.396 e. The number of carbonyl (C=O) groups is 1. The van der Waals surface area contributed by atoms with E-state index < -0.39 is 0 Å². The number of nitrogens with one attached hydrogen (secondary N) is 1. The first-order valence-corrected chi connectivity index (χ1v) is 7.19. The van der Waals surface area contributed by atoms with Gasteiger partial charge in [-0.25, -0.2) is 0 Å². The highest BCUT2D eigenvalue weighted by atomic mass is 16.5. The molecule has 0 spiro atoms. The maximum atomic E-state index is 12.0. The SMILES string of the molecule is CC1CCC(C(=O)NCC2(CO)CCCCC2)O1. The zero-order chi connectivity index (χ0) is 13.0. The van der Waals surface area contributed by atoms with Gasteiger partial charge in [-0.05, 0) is 32.6 Å². The highest BCUT2D eigenvalue weighted by molar-refractivity contribution is 5.81. The molecule has 104 valence electrons. The second-order valence-corrected chi connectivity index (χ2v) is 5.95. The van der Waals surface area contributed by atoms with Crippen molar-refractivity contribution >= 4 is 5.91 Å². The highest BCUT2D eigenvalue weighted by Gasteiger charge is 2.34. The van der Waals surface area contributed by atoms with Crippen molar-refractivity contribution in [3.8, 4) is 0 Å². The van der Waals surface area contributed by atoms with E-state index >= 15 is 0 Å². The van der Waals surface area contributed by atoms with Crippen LogP contribution in [0.5, 0.6) is 0 Å². The van der Waals surface area contributed by atoms with Crippen LogP contribution in [0, 0.1) is 5.41 Å². The summed E-state index contributed by atoms with van der Waals surface area (Å²) in [5.74, 6) is -0.00208. The van der Waals surface area contributed by atoms with Crippen molar-refractivity contribution < 1.29 is 14.6 Å². The Morgan fingerprint density at radius 3 is 2.61 bits per heavy atom. The van der Waals surface area contributed by atoms with Crippen LogP contribution in [-0.2, 0) is 9.53 Å². The minimum atomic E-state index is -0.278. The van der Waals surface area contributed by atoms with Crippen LogP contribution in [0.4, 0.5) is 0 Å². The van der Waals surface area contributed by atoms with Crippen LogP contribution in [0.15, 0.2) is 0 Å². The lowest BCUT2D eigenvalue weighted by molar-refractivity contribution is -0.132. The van der Waals surface area contributed by atoms with Gasteiger partial charge in [0.15, 0.2) is 0 Å². The van der Waals surface area contributed by atoms with Gasteiger partial charge in [-0.3, -0.25) is 4.79 Å². The van der Waals surface area contributed by atoms with Gasteiger partial charge < -0.3 is 15.2 Å². The van der Waals surface area contributed by atoms with E-state index in [1.165, 1.54) is 6.42 Å². The van der Waals surface area contributed by atoms with Crippen LogP contribution >= 0.6 is 0 Å². The summed E-state index contributed by atoms with van der Waals surface area (Å²) in [6.07, 6.45) is 7.31. The van der Waals surface area contributed by atoms with Crippen LogP contribution in [-0.4, -0.2) is 36.4 Å². The molecule has 0 aromatic carbocycles. The van der Waals surface area contributed by atoms with E-state index in [-0.39, 0.29) is 30.1 Å². The number of hydrogen-bond acceptors (Lipinski definition) is 3. The molecule has 18 heavy (non-hydrogen) atoms. The molecule has 2 rings (SSSR count). The van der Waals surface area contributed by atoms with Crippen molar-refractivity contribution in [2.24, 2.45) is 5.41 Å². The van der Waals surface area contributed by atoms with Crippen molar-refractivity contribution in [3.05, 3.63) is 0 Å². The van der Waals surface area contributed by atoms with Gasteiger partial charge in [-0.15, -0.1) is 0 Å². The van der Waals surface area contributed by atoms with E-state index in [0.29, 0.717) is 6.54 Å². The number of carbonyl (C=O) groups excluding carboxylic acids is 1. The molecule has 0 aromatic rings. The molecule has 4 heteroatoms. The normalized spacial score (nSPS) is 31.2. The molecule has 4 nitrogen and oxygen atoms in total. The zero-order valence-corrected chi connectivity index (χ0v) is 11.3. The molecule has 2 N–H and O–H groups in total. The summed E-state index contributed by atoms with van der Waals surface area (Å²) in [6.45, 7) is 2.77. The van der Waals surface area contributed by atoms with E-state index in [4.69, 9.17) is 4.74 Å². The molecule has 2 fully saturated rings. The average Bonchev–Trinajstić information content (AvgIpc) is 2.84. The third-order valence-electron chi connectivity index (χ3n) is 4.41. The zero-order valence-electron chi connectivity index (χ0n) is 11.3. The van der Waals surface area contributed by atoms with Gasteiger partial charge in [0, 0.05) is 12.0 Å². The quantitative estimate of drug-likeness (QED) is 0.802. The summed E-state index contributed by atoms with van der Waals surface area (Å²) in [6, 6.07) is 0. The molecule has 1 saturated heterocycles. The van der Waals surface area contributed by atoms with E-state index in [0.717, 1.165) is 38.5 Å². The lowest BCUT2D eigenvalue weighted by atomic mass is 9.74. The molecule has 2 atom stereocenters. The Morgan fingerprint density at radius 2 is 2.06 bits per heavy atom. The van der Waals surface area contributed by atoms with E-state index in [1.54, 1.807) is 0 Å². The summed E-state index contributed by atoms with van der Waals surface area (Å²) in [5.41, 5.74) is -0.0852. The smallest absolute Gasteiger partial charge is 0.249 e. The molecule has 0 bridgehead atoms. The molecule has 1 aliphatic carbocycles. The van der Waals surface area contributed by atoms with Crippen molar-refractivity contribution in [2.45, 2.75) is 64.1 Å². The fraction of sp³-hybridized carbons (Fsp3) is 0.929. The third-order valence-corrected chi connectivity index (χ3v) is 4.41. The average molecular weight is 255 g/mol.